The molecule has 6 heteroatoms. The van der Waals surface area contributed by atoms with E-state index in [-0.39, 0.29) is 12.1 Å². The van der Waals surface area contributed by atoms with Gasteiger partial charge in [0.05, 0.1) is 19.0 Å². The van der Waals surface area contributed by atoms with Crippen LogP contribution in [0.2, 0.25) is 0 Å². The average molecular weight is 286 g/mol. The van der Waals surface area contributed by atoms with Crippen molar-refractivity contribution in [2.75, 3.05) is 17.7 Å². The molecule has 0 aliphatic rings. The number of hydrogen-bond acceptors (Lipinski definition) is 4. The van der Waals surface area contributed by atoms with E-state index in [2.05, 4.69) is 15.6 Å². The predicted octanol–water partition coefficient (Wildman–Crippen LogP) is 2.75. The van der Waals surface area contributed by atoms with Gasteiger partial charge in [0.15, 0.2) is 0 Å². The number of methoxy groups -OCH3 is 1. The zero-order valence-corrected chi connectivity index (χ0v) is 12.0. The number of benzene rings is 1. The standard InChI is InChI=1S/C15H18N4O2/c1-10(16)11-3-5-12(6-4-11)18-15(20)19-13-7-8-14(21-2)17-9-13/h3-10H,16H2,1-2H3,(H2,18,19,20). The second-order valence-electron chi connectivity index (χ2n) is 4.58. The Labute approximate surface area is 123 Å². The Balaban J connectivity index is 1.94. The Morgan fingerprint density at radius 1 is 1.14 bits per heavy atom. The minimum atomic E-state index is -0.337. The van der Waals surface area contributed by atoms with Crippen molar-refractivity contribution in [3.05, 3.63) is 48.2 Å². The number of carbonyl (C=O) groups excluding carboxylic acids is 1. The van der Waals surface area contributed by atoms with Crippen LogP contribution in [0, 0.1) is 0 Å². The molecule has 21 heavy (non-hydrogen) atoms. The van der Waals surface area contributed by atoms with Gasteiger partial charge in [0, 0.05) is 17.8 Å². The molecule has 1 heterocycles. The summed E-state index contributed by atoms with van der Waals surface area (Å²) in [7, 11) is 1.54. The number of carbonyl (C=O) groups is 1. The fourth-order valence-corrected chi connectivity index (χ4v) is 1.74. The lowest BCUT2D eigenvalue weighted by atomic mass is 10.1. The quantitative estimate of drug-likeness (QED) is 0.806. The van der Waals surface area contributed by atoms with E-state index in [0.717, 1.165) is 5.56 Å². The van der Waals surface area contributed by atoms with Gasteiger partial charge < -0.3 is 21.1 Å². The molecule has 0 saturated carbocycles. The van der Waals surface area contributed by atoms with Crippen LogP contribution in [0.25, 0.3) is 0 Å². The monoisotopic (exact) mass is 286 g/mol. The molecule has 0 spiro atoms. The lowest BCUT2D eigenvalue weighted by Crippen LogP contribution is -2.19. The van der Waals surface area contributed by atoms with Crippen LogP contribution < -0.4 is 21.1 Å². The van der Waals surface area contributed by atoms with Gasteiger partial charge in [-0.2, -0.15) is 0 Å². The Bertz CT molecular complexity index is 594. The number of hydrogen-bond donors (Lipinski definition) is 3. The second-order valence-corrected chi connectivity index (χ2v) is 4.58. The number of amides is 2. The van der Waals surface area contributed by atoms with E-state index in [4.69, 9.17) is 10.5 Å². The molecule has 110 valence electrons. The number of nitrogens with two attached hydrogens (primary N) is 1. The normalized spacial score (nSPS) is 11.6. The van der Waals surface area contributed by atoms with E-state index in [1.807, 2.05) is 31.2 Å². The molecule has 0 bridgehead atoms. The number of anilines is 2. The summed E-state index contributed by atoms with van der Waals surface area (Å²) < 4.78 is 4.95. The number of rotatable bonds is 4. The van der Waals surface area contributed by atoms with Crippen LogP contribution in [-0.2, 0) is 0 Å². The van der Waals surface area contributed by atoms with Crippen LogP contribution in [0.1, 0.15) is 18.5 Å². The second kappa shape index (κ2) is 6.71. The summed E-state index contributed by atoms with van der Waals surface area (Å²) in [5.74, 6) is 0.493. The summed E-state index contributed by atoms with van der Waals surface area (Å²) in [6, 6.07) is 10.4. The Kier molecular flexibility index (Phi) is 4.73. The van der Waals surface area contributed by atoms with Crippen LogP contribution in [-0.4, -0.2) is 18.1 Å². The van der Waals surface area contributed by atoms with Gasteiger partial charge in [0.1, 0.15) is 0 Å². The summed E-state index contributed by atoms with van der Waals surface area (Å²) in [6.07, 6.45) is 1.53. The molecule has 2 amide bonds. The molecule has 2 rings (SSSR count). The molecule has 1 aromatic carbocycles. The first-order chi connectivity index (χ1) is 10.1. The van der Waals surface area contributed by atoms with Gasteiger partial charge in [0.2, 0.25) is 5.88 Å². The van der Waals surface area contributed by atoms with Crippen molar-refractivity contribution < 1.29 is 9.53 Å². The van der Waals surface area contributed by atoms with Crippen LogP contribution in [0.5, 0.6) is 5.88 Å². The van der Waals surface area contributed by atoms with Crippen LogP contribution in [0.4, 0.5) is 16.2 Å². The molecule has 0 aliphatic carbocycles. The van der Waals surface area contributed by atoms with Gasteiger partial charge in [-0.1, -0.05) is 12.1 Å². The van der Waals surface area contributed by atoms with Gasteiger partial charge in [-0.05, 0) is 30.7 Å². The number of pyridine rings is 1. The van der Waals surface area contributed by atoms with E-state index in [9.17, 15) is 4.79 Å². The molecule has 1 atom stereocenters. The van der Waals surface area contributed by atoms with Crippen molar-refractivity contribution in [1.29, 1.82) is 0 Å². The van der Waals surface area contributed by atoms with E-state index < -0.39 is 0 Å². The van der Waals surface area contributed by atoms with Crippen molar-refractivity contribution >= 4 is 17.4 Å². The Hall–Kier alpha value is -2.60. The summed E-state index contributed by atoms with van der Waals surface area (Å²) in [6.45, 7) is 1.91. The number of ether oxygens (including phenoxy) is 1. The zero-order chi connectivity index (χ0) is 15.2. The van der Waals surface area contributed by atoms with Gasteiger partial charge in [-0.15, -0.1) is 0 Å². The summed E-state index contributed by atoms with van der Waals surface area (Å²) in [4.78, 5) is 15.9. The lowest BCUT2D eigenvalue weighted by Gasteiger charge is -2.09. The first-order valence-electron chi connectivity index (χ1n) is 6.52. The van der Waals surface area contributed by atoms with Crippen molar-refractivity contribution in [1.82, 2.24) is 4.98 Å². The third-order valence-electron chi connectivity index (χ3n) is 2.90. The first kappa shape index (κ1) is 14.8. The molecule has 0 radical (unpaired) electrons. The van der Waals surface area contributed by atoms with E-state index in [0.29, 0.717) is 17.3 Å². The molecule has 4 N–H and O–H groups in total. The van der Waals surface area contributed by atoms with Crippen molar-refractivity contribution in [3.63, 3.8) is 0 Å². The predicted molar refractivity (Wildman–Crippen MR) is 82.5 cm³/mol. The fraction of sp³-hybridized carbons (Fsp3) is 0.200. The highest BCUT2D eigenvalue weighted by Crippen LogP contribution is 2.15. The summed E-state index contributed by atoms with van der Waals surface area (Å²) >= 11 is 0. The number of aromatic nitrogens is 1. The molecule has 0 aliphatic heterocycles. The highest BCUT2D eigenvalue weighted by Gasteiger charge is 2.04. The lowest BCUT2D eigenvalue weighted by molar-refractivity contribution is 0.262. The zero-order valence-electron chi connectivity index (χ0n) is 12.0. The van der Waals surface area contributed by atoms with Crippen LogP contribution in [0.3, 0.4) is 0 Å². The third kappa shape index (κ3) is 4.19. The van der Waals surface area contributed by atoms with Crippen LogP contribution >= 0.6 is 0 Å². The van der Waals surface area contributed by atoms with Crippen molar-refractivity contribution in [2.24, 2.45) is 5.73 Å². The van der Waals surface area contributed by atoms with E-state index in [1.165, 1.54) is 13.3 Å². The van der Waals surface area contributed by atoms with E-state index >= 15 is 0 Å². The average Bonchev–Trinajstić information content (AvgIpc) is 2.48. The van der Waals surface area contributed by atoms with Gasteiger partial charge in [-0.25, -0.2) is 9.78 Å². The molecule has 0 fully saturated rings. The Morgan fingerprint density at radius 3 is 2.29 bits per heavy atom. The highest BCUT2D eigenvalue weighted by atomic mass is 16.5. The maximum atomic E-state index is 11.8. The largest absolute Gasteiger partial charge is 0.481 e. The maximum absolute atomic E-state index is 11.8. The number of urea groups is 1. The molecule has 0 saturated heterocycles. The number of nitrogens with one attached hydrogen (secondary N) is 2. The van der Waals surface area contributed by atoms with Gasteiger partial charge >= 0.3 is 6.03 Å². The first-order valence-corrected chi connectivity index (χ1v) is 6.52. The SMILES string of the molecule is COc1ccc(NC(=O)Nc2ccc(C(C)N)cc2)cn1. The molecule has 1 aromatic heterocycles. The van der Waals surface area contributed by atoms with Crippen molar-refractivity contribution in [3.8, 4) is 5.88 Å². The summed E-state index contributed by atoms with van der Waals surface area (Å²) in [5, 5.41) is 5.42. The number of nitrogens with zero attached hydrogens (tertiary/aromatic N) is 1. The van der Waals surface area contributed by atoms with Crippen molar-refractivity contribution in [2.45, 2.75) is 13.0 Å². The fourth-order valence-electron chi connectivity index (χ4n) is 1.74. The Morgan fingerprint density at radius 2 is 1.76 bits per heavy atom. The maximum Gasteiger partial charge on any atom is 0.323 e. The van der Waals surface area contributed by atoms with Gasteiger partial charge in [-0.3, -0.25) is 0 Å². The minimum Gasteiger partial charge on any atom is -0.481 e. The third-order valence-corrected chi connectivity index (χ3v) is 2.90. The molecule has 1 unspecified atom stereocenters. The van der Waals surface area contributed by atoms with Crippen LogP contribution in [0.15, 0.2) is 42.6 Å². The van der Waals surface area contributed by atoms with E-state index in [1.54, 1.807) is 12.1 Å². The molecule has 6 nitrogen and oxygen atoms in total. The summed E-state index contributed by atoms with van der Waals surface area (Å²) in [5.41, 5.74) is 8.06. The minimum absolute atomic E-state index is 0.0294. The molecular weight excluding hydrogens is 268 g/mol. The van der Waals surface area contributed by atoms with Gasteiger partial charge in [0.25, 0.3) is 0 Å². The topological polar surface area (TPSA) is 89.3 Å². The highest BCUT2D eigenvalue weighted by molar-refractivity contribution is 5.99. The molecular formula is C15H18N4O2. The molecule has 2 aromatic rings. The smallest absolute Gasteiger partial charge is 0.323 e.